The minimum absolute atomic E-state index is 0.0164. The smallest absolute Gasteiger partial charge is 0.189 e. The van der Waals surface area contributed by atoms with Gasteiger partial charge in [-0.3, -0.25) is 0 Å². The van der Waals surface area contributed by atoms with E-state index < -0.39 is 5.82 Å². The highest BCUT2D eigenvalue weighted by atomic mass is 35.5. The van der Waals surface area contributed by atoms with Crippen LogP contribution in [0.1, 0.15) is 0 Å². The average Bonchev–Trinajstić information content (AvgIpc) is 2.31. The van der Waals surface area contributed by atoms with Crippen molar-refractivity contribution in [1.82, 2.24) is 0 Å². The van der Waals surface area contributed by atoms with E-state index in [0.717, 1.165) is 0 Å². The van der Waals surface area contributed by atoms with Crippen LogP contribution >= 0.6 is 58.0 Å². The predicted molar refractivity (Wildman–Crippen MR) is 73.3 cm³/mol. The van der Waals surface area contributed by atoms with E-state index in [9.17, 15) is 4.39 Å². The molecule has 0 amide bonds. The Bertz CT molecular complexity index is 457. The topological polar surface area (TPSA) is 18.5 Å². The van der Waals surface area contributed by atoms with Gasteiger partial charge in [-0.15, -0.1) is 0 Å². The summed E-state index contributed by atoms with van der Waals surface area (Å²) >= 11 is 28.2. The summed E-state index contributed by atoms with van der Waals surface area (Å²) in [4.78, 5) is 0. The lowest BCUT2D eigenvalue weighted by Gasteiger charge is -2.13. The first kappa shape index (κ1) is 16.0. The summed E-state index contributed by atoms with van der Waals surface area (Å²) in [5, 5.41) is -0.501. The molecule has 0 unspecified atom stereocenters. The zero-order chi connectivity index (χ0) is 13.9. The highest BCUT2D eigenvalue weighted by molar-refractivity contribution is 6.55. The third-order valence-corrected chi connectivity index (χ3v) is 3.32. The van der Waals surface area contributed by atoms with Crippen LogP contribution in [0.5, 0.6) is 11.5 Å². The van der Waals surface area contributed by atoms with Crippen molar-refractivity contribution >= 4 is 58.0 Å². The Morgan fingerprint density at radius 2 is 1.67 bits per heavy atom. The van der Waals surface area contributed by atoms with Crippen molar-refractivity contribution in [2.45, 2.75) is 0 Å². The van der Waals surface area contributed by atoms with Gasteiger partial charge in [0.1, 0.15) is 26.2 Å². The van der Waals surface area contributed by atoms with Gasteiger partial charge >= 0.3 is 0 Å². The largest absolute Gasteiger partial charge is 0.493 e. The van der Waals surface area contributed by atoms with Crippen molar-refractivity contribution in [3.05, 3.63) is 31.5 Å². The van der Waals surface area contributed by atoms with Crippen LogP contribution in [0.3, 0.4) is 0 Å². The van der Waals surface area contributed by atoms with Crippen LogP contribution < -0.4 is 9.47 Å². The van der Waals surface area contributed by atoms with Gasteiger partial charge in [0.2, 0.25) is 0 Å². The molecule has 1 aromatic rings. The first-order valence-corrected chi connectivity index (χ1v) is 6.33. The predicted octanol–water partition coefficient (Wildman–Crippen LogP) is 5.49. The van der Waals surface area contributed by atoms with Gasteiger partial charge in [-0.05, 0) is 6.08 Å². The molecule has 18 heavy (non-hydrogen) atoms. The molecule has 0 spiro atoms. The molecule has 0 N–H and O–H groups in total. The van der Waals surface area contributed by atoms with Crippen LogP contribution in [0, 0.1) is 5.82 Å². The third-order valence-electron chi connectivity index (χ3n) is 1.85. The molecule has 0 aromatic heterocycles. The molecule has 100 valence electrons. The average molecular weight is 354 g/mol. The molecular weight excluding hydrogens is 348 g/mol. The number of benzene rings is 1. The lowest BCUT2D eigenvalue weighted by Crippen LogP contribution is -2.00. The summed E-state index contributed by atoms with van der Waals surface area (Å²) in [6.45, 7) is -0.0854. The number of hydrogen-bond acceptors (Lipinski definition) is 2. The van der Waals surface area contributed by atoms with Crippen LogP contribution in [0.4, 0.5) is 4.39 Å². The molecule has 8 heteroatoms. The van der Waals surface area contributed by atoms with Gasteiger partial charge in [0.15, 0.2) is 17.3 Å². The van der Waals surface area contributed by atoms with E-state index in [0.29, 0.717) is 0 Å². The van der Waals surface area contributed by atoms with E-state index in [1.807, 2.05) is 0 Å². The van der Waals surface area contributed by atoms with Gasteiger partial charge in [0, 0.05) is 0 Å². The Kier molecular flexibility index (Phi) is 6.15. The first-order valence-electron chi connectivity index (χ1n) is 4.44. The molecule has 0 aliphatic rings. The van der Waals surface area contributed by atoms with Gasteiger partial charge < -0.3 is 9.47 Å². The Labute approximate surface area is 128 Å². The summed E-state index contributed by atoms with van der Waals surface area (Å²) < 4.78 is 23.7. The summed E-state index contributed by atoms with van der Waals surface area (Å²) in [5.74, 6) is -1.22. The fourth-order valence-electron chi connectivity index (χ4n) is 1.09. The zero-order valence-electron chi connectivity index (χ0n) is 8.87. The molecule has 0 fully saturated rings. The summed E-state index contributed by atoms with van der Waals surface area (Å²) in [6.07, 6.45) is 1.31. The van der Waals surface area contributed by atoms with Crippen LogP contribution in [0.15, 0.2) is 10.6 Å². The highest BCUT2D eigenvalue weighted by Gasteiger charge is 2.23. The van der Waals surface area contributed by atoms with Crippen molar-refractivity contribution in [1.29, 1.82) is 0 Å². The summed E-state index contributed by atoms with van der Waals surface area (Å²) in [7, 11) is 1.29. The van der Waals surface area contributed by atoms with Gasteiger partial charge in [-0.2, -0.15) is 0 Å². The van der Waals surface area contributed by atoms with E-state index in [2.05, 4.69) is 0 Å². The quantitative estimate of drug-likeness (QED) is 0.666. The first-order chi connectivity index (χ1) is 8.40. The van der Waals surface area contributed by atoms with E-state index >= 15 is 0 Å². The summed E-state index contributed by atoms with van der Waals surface area (Å²) in [6, 6.07) is 0. The molecule has 0 aliphatic carbocycles. The lowest BCUT2D eigenvalue weighted by atomic mass is 10.3. The SMILES string of the molecule is COc1c(Cl)c(F)c(OCC=C(Cl)Cl)c(Cl)c1Cl. The molecule has 0 radical (unpaired) electrons. The van der Waals surface area contributed by atoms with Gasteiger partial charge in [0.05, 0.1) is 7.11 Å². The monoisotopic (exact) mass is 352 g/mol. The van der Waals surface area contributed by atoms with Crippen molar-refractivity contribution in [2.75, 3.05) is 13.7 Å². The van der Waals surface area contributed by atoms with Crippen LogP contribution in [-0.4, -0.2) is 13.7 Å². The molecule has 0 saturated heterocycles. The number of methoxy groups -OCH3 is 1. The van der Waals surface area contributed by atoms with Crippen LogP contribution in [0.25, 0.3) is 0 Å². The third kappa shape index (κ3) is 3.49. The second-order valence-corrected chi connectivity index (χ2v) is 5.06. The molecule has 2 nitrogen and oxygen atoms in total. The fraction of sp³-hybridized carbons (Fsp3) is 0.200. The minimum atomic E-state index is -0.873. The standard InChI is InChI=1S/C10H6Cl5FO2/c1-17-9-5(13)6(14)10(8(16)7(9)15)18-3-2-4(11)12/h2H,3H2,1H3. The van der Waals surface area contributed by atoms with Gasteiger partial charge in [0.25, 0.3) is 0 Å². The number of hydrogen-bond donors (Lipinski definition) is 0. The molecule has 1 rings (SSSR count). The van der Waals surface area contributed by atoms with Crippen LogP contribution in [0.2, 0.25) is 15.1 Å². The normalized spacial score (nSPS) is 10.2. The van der Waals surface area contributed by atoms with Gasteiger partial charge in [-0.25, -0.2) is 4.39 Å². The van der Waals surface area contributed by atoms with Crippen molar-refractivity contribution in [3.8, 4) is 11.5 Å². The van der Waals surface area contributed by atoms with Crippen molar-refractivity contribution < 1.29 is 13.9 Å². The second kappa shape index (κ2) is 6.92. The molecule has 0 aliphatic heterocycles. The Balaban J connectivity index is 3.17. The lowest BCUT2D eigenvalue weighted by molar-refractivity contribution is 0.339. The molecule has 0 heterocycles. The maximum atomic E-state index is 13.8. The van der Waals surface area contributed by atoms with E-state index in [4.69, 9.17) is 67.5 Å². The highest BCUT2D eigenvalue weighted by Crippen LogP contribution is 2.46. The minimum Gasteiger partial charge on any atom is -0.493 e. The van der Waals surface area contributed by atoms with Crippen molar-refractivity contribution in [3.63, 3.8) is 0 Å². The number of ether oxygens (including phenoxy) is 2. The molecule has 0 atom stereocenters. The second-order valence-electron chi connectivity index (χ2n) is 2.92. The van der Waals surface area contributed by atoms with Crippen molar-refractivity contribution in [2.24, 2.45) is 0 Å². The molecule has 0 bridgehead atoms. The number of rotatable bonds is 4. The Hall–Kier alpha value is -0.0600. The fourth-order valence-corrected chi connectivity index (χ4v) is 2.00. The van der Waals surface area contributed by atoms with Gasteiger partial charge in [-0.1, -0.05) is 58.0 Å². The van der Waals surface area contributed by atoms with Crippen LogP contribution in [-0.2, 0) is 0 Å². The molecule has 0 saturated carbocycles. The summed E-state index contributed by atoms with van der Waals surface area (Å²) in [5.41, 5.74) is 0. The Morgan fingerprint density at radius 1 is 1.11 bits per heavy atom. The maximum Gasteiger partial charge on any atom is 0.189 e. The van der Waals surface area contributed by atoms with E-state index in [1.54, 1.807) is 0 Å². The van der Waals surface area contributed by atoms with E-state index in [1.165, 1.54) is 13.2 Å². The number of halogens is 6. The molecular formula is C10H6Cl5FO2. The zero-order valence-corrected chi connectivity index (χ0v) is 12.6. The Morgan fingerprint density at radius 3 is 2.17 bits per heavy atom. The van der Waals surface area contributed by atoms with E-state index in [-0.39, 0.29) is 37.7 Å². The maximum absolute atomic E-state index is 13.8. The molecule has 1 aromatic carbocycles.